The molecule has 0 radical (unpaired) electrons. The maximum absolute atomic E-state index is 11.5. The zero-order chi connectivity index (χ0) is 14.6. The first-order chi connectivity index (χ1) is 9.42. The molecule has 0 aliphatic heterocycles. The van der Waals surface area contributed by atoms with Gasteiger partial charge in [-0.15, -0.1) is 0 Å². The highest BCUT2D eigenvalue weighted by atomic mass is 16.6. The summed E-state index contributed by atoms with van der Waals surface area (Å²) in [7, 11) is 0. The Balaban J connectivity index is 2.04. The van der Waals surface area contributed by atoms with E-state index in [0.29, 0.717) is 6.54 Å². The lowest BCUT2D eigenvalue weighted by atomic mass is 10.2. The largest absolute Gasteiger partial charge is 0.594 e. The third-order valence-corrected chi connectivity index (χ3v) is 2.28. The van der Waals surface area contributed by atoms with Gasteiger partial charge in [0.05, 0.1) is 0 Å². The van der Waals surface area contributed by atoms with Crippen LogP contribution < -0.4 is 9.79 Å². The van der Waals surface area contributed by atoms with Gasteiger partial charge in [-0.05, 0) is 4.68 Å². The summed E-state index contributed by atoms with van der Waals surface area (Å²) >= 11 is 0. The number of ether oxygens (including phenoxy) is 1. The number of aliphatic imine (C=N–C) groups is 1. The first-order valence-corrected chi connectivity index (χ1v) is 6.27. The number of hydrogen-bond donors (Lipinski definition) is 0. The minimum absolute atomic E-state index is 0.121. The van der Waals surface area contributed by atoms with Gasteiger partial charge < -0.3 is 9.84 Å². The molecule has 0 saturated carbocycles. The number of rotatable bonds is 3. The fourth-order valence-electron chi connectivity index (χ4n) is 1.54. The minimum atomic E-state index is -0.694. The van der Waals surface area contributed by atoms with Crippen LogP contribution in [0.25, 0.3) is 0 Å². The number of nitrogens with zero attached hydrogens (tertiary/aromatic N) is 3. The van der Waals surface area contributed by atoms with E-state index in [0.717, 1.165) is 5.56 Å². The van der Waals surface area contributed by atoms with E-state index in [9.17, 15) is 5.11 Å². The van der Waals surface area contributed by atoms with Crippen molar-refractivity contribution in [2.45, 2.75) is 32.9 Å². The molecule has 0 aliphatic rings. The lowest BCUT2D eigenvalue weighted by Gasteiger charge is -2.28. The third kappa shape index (κ3) is 4.38. The monoisotopic (exact) mass is 275 g/mol. The van der Waals surface area contributed by atoms with Gasteiger partial charge >= 0.3 is 5.88 Å². The lowest BCUT2D eigenvalue weighted by Crippen LogP contribution is -2.35. The van der Waals surface area contributed by atoms with E-state index >= 15 is 0 Å². The lowest BCUT2D eigenvalue weighted by molar-refractivity contribution is -0.754. The topological polar surface area (TPSA) is 74.6 Å². The van der Waals surface area contributed by atoms with Crippen molar-refractivity contribution in [2.75, 3.05) is 0 Å². The van der Waals surface area contributed by atoms with E-state index in [2.05, 4.69) is 10.3 Å². The zero-order valence-electron chi connectivity index (χ0n) is 11.7. The molecule has 0 amide bonds. The van der Waals surface area contributed by atoms with Crippen LogP contribution in [0.15, 0.2) is 46.0 Å². The predicted octanol–water partition coefficient (Wildman–Crippen LogP) is 1.17. The molecular formula is C14H17N3O3. The molecule has 6 nitrogen and oxygen atoms in total. The van der Waals surface area contributed by atoms with E-state index in [1.165, 1.54) is 0 Å². The fraction of sp³-hybridized carbons (Fsp3) is 0.357. The fourth-order valence-corrected chi connectivity index (χ4v) is 1.54. The van der Waals surface area contributed by atoms with Crippen LogP contribution in [0, 0.1) is 0 Å². The van der Waals surface area contributed by atoms with Gasteiger partial charge in [-0.25, -0.2) is 0 Å². The van der Waals surface area contributed by atoms with E-state index in [1.54, 1.807) is 31.6 Å². The van der Waals surface area contributed by atoms with Gasteiger partial charge in [-0.2, -0.15) is 4.99 Å². The van der Waals surface area contributed by atoms with Crippen LogP contribution in [0.2, 0.25) is 0 Å². The Labute approximate surface area is 117 Å². The second kappa shape index (κ2) is 5.73. The molecule has 1 aromatic carbocycles. The van der Waals surface area contributed by atoms with Gasteiger partial charge in [-0.3, -0.25) is 4.52 Å². The maximum atomic E-state index is 11.5. The van der Waals surface area contributed by atoms with Crippen molar-refractivity contribution in [3.05, 3.63) is 42.1 Å². The molecule has 0 aliphatic carbocycles. The predicted molar refractivity (Wildman–Crippen MR) is 70.2 cm³/mol. The normalized spacial score (nSPS) is 12.4. The SMILES string of the molecule is CC(C)(C)O/C([O-])=N/c1c[n+](Cc2ccccc2)no1. The average molecular weight is 275 g/mol. The molecule has 1 heterocycles. The first-order valence-electron chi connectivity index (χ1n) is 6.27. The summed E-state index contributed by atoms with van der Waals surface area (Å²) in [5.74, 6) is 0.121. The molecular weight excluding hydrogens is 258 g/mol. The summed E-state index contributed by atoms with van der Waals surface area (Å²) in [4.78, 5) is 3.70. The van der Waals surface area contributed by atoms with E-state index in [4.69, 9.17) is 9.26 Å². The number of hydrogen-bond acceptors (Lipinski definition) is 5. The summed E-state index contributed by atoms with van der Waals surface area (Å²) in [6.07, 6.45) is 0.859. The Bertz CT molecular complexity index is 585. The quantitative estimate of drug-likeness (QED) is 0.479. The Morgan fingerprint density at radius 1 is 1.35 bits per heavy atom. The highest BCUT2D eigenvalue weighted by molar-refractivity contribution is 5.65. The van der Waals surface area contributed by atoms with Gasteiger partial charge in [0, 0.05) is 11.2 Å². The van der Waals surface area contributed by atoms with Crippen molar-refractivity contribution in [2.24, 2.45) is 4.99 Å². The van der Waals surface area contributed by atoms with Gasteiger partial charge in [0.25, 0.3) is 6.20 Å². The zero-order valence-corrected chi connectivity index (χ0v) is 11.7. The van der Waals surface area contributed by atoms with Crippen LogP contribution in [0.5, 0.6) is 0 Å². The molecule has 20 heavy (non-hydrogen) atoms. The molecule has 2 rings (SSSR count). The second-order valence-electron chi connectivity index (χ2n) is 5.32. The van der Waals surface area contributed by atoms with Crippen molar-refractivity contribution < 1.29 is 19.0 Å². The van der Waals surface area contributed by atoms with Crippen LogP contribution in [0.1, 0.15) is 26.3 Å². The molecule has 2 aromatic rings. The molecule has 1 aromatic heterocycles. The average Bonchev–Trinajstić information content (AvgIpc) is 2.75. The summed E-state index contributed by atoms with van der Waals surface area (Å²) in [5.41, 5.74) is 0.496. The van der Waals surface area contributed by atoms with Crippen LogP contribution in [0.3, 0.4) is 0 Å². The van der Waals surface area contributed by atoms with Crippen molar-refractivity contribution in [1.82, 2.24) is 5.27 Å². The van der Waals surface area contributed by atoms with E-state index in [1.807, 2.05) is 30.3 Å². The summed E-state index contributed by atoms with van der Waals surface area (Å²) < 4.78 is 11.6. The number of aromatic nitrogens is 2. The van der Waals surface area contributed by atoms with Gasteiger partial charge in [0.2, 0.25) is 11.8 Å². The maximum Gasteiger partial charge on any atom is 0.323 e. The second-order valence-corrected chi connectivity index (χ2v) is 5.32. The van der Waals surface area contributed by atoms with Crippen molar-refractivity contribution >= 4 is 12.0 Å². The van der Waals surface area contributed by atoms with Crippen molar-refractivity contribution in [3.8, 4) is 0 Å². The minimum Gasteiger partial charge on any atom is -0.594 e. The van der Waals surface area contributed by atoms with Crippen LogP contribution in [-0.2, 0) is 11.3 Å². The smallest absolute Gasteiger partial charge is 0.323 e. The molecule has 0 spiro atoms. The van der Waals surface area contributed by atoms with E-state index in [-0.39, 0.29) is 5.88 Å². The highest BCUT2D eigenvalue weighted by Crippen LogP contribution is 2.10. The Hall–Kier alpha value is -2.37. The molecule has 0 fully saturated rings. The summed E-state index contributed by atoms with van der Waals surface area (Å²) in [6.45, 7) is 5.87. The molecule has 0 atom stereocenters. The van der Waals surface area contributed by atoms with Crippen LogP contribution >= 0.6 is 0 Å². The van der Waals surface area contributed by atoms with Gasteiger partial charge in [-0.1, -0.05) is 51.1 Å². The van der Waals surface area contributed by atoms with Gasteiger partial charge in [0.1, 0.15) is 0 Å². The Morgan fingerprint density at radius 2 is 2.05 bits per heavy atom. The van der Waals surface area contributed by atoms with Crippen molar-refractivity contribution in [1.29, 1.82) is 0 Å². The van der Waals surface area contributed by atoms with Crippen LogP contribution in [-0.4, -0.2) is 17.0 Å². The first kappa shape index (κ1) is 14.0. The summed E-state index contributed by atoms with van der Waals surface area (Å²) in [5, 5.41) is 15.3. The standard InChI is InChI=1S/C14H17N3O3/c1-14(2,3)19-13(18)15-12-10-17(16-20-12)9-11-7-5-4-6-8-11/h4-8,10H,9H2,1-3H3. The van der Waals surface area contributed by atoms with Gasteiger partial charge in [0.15, 0.2) is 6.08 Å². The summed E-state index contributed by atoms with van der Waals surface area (Å²) in [6, 6.07) is 9.79. The van der Waals surface area contributed by atoms with Crippen LogP contribution in [0.4, 0.5) is 5.88 Å². The Kier molecular flexibility index (Phi) is 4.02. The number of benzene rings is 1. The van der Waals surface area contributed by atoms with Crippen molar-refractivity contribution in [3.63, 3.8) is 0 Å². The molecule has 0 bridgehead atoms. The molecule has 6 heteroatoms. The van der Waals surface area contributed by atoms with E-state index < -0.39 is 11.7 Å². The highest BCUT2D eigenvalue weighted by Gasteiger charge is 2.12. The molecule has 106 valence electrons. The Morgan fingerprint density at radius 3 is 2.70 bits per heavy atom. The molecule has 0 unspecified atom stereocenters. The molecule has 0 N–H and O–H groups in total. The molecule has 0 saturated heterocycles. The third-order valence-electron chi connectivity index (χ3n) is 2.28.